The Balaban J connectivity index is 1.54. The van der Waals surface area contributed by atoms with Crippen molar-refractivity contribution in [2.75, 3.05) is 26.2 Å². The highest BCUT2D eigenvalue weighted by atomic mass is 16.4. The van der Waals surface area contributed by atoms with E-state index in [0.717, 1.165) is 11.8 Å². The molecule has 1 saturated heterocycles. The summed E-state index contributed by atoms with van der Waals surface area (Å²) in [6.45, 7) is 1.01. The van der Waals surface area contributed by atoms with E-state index in [-0.39, 0.29) is 50.1 Å². The summed E-state index contributed by atoms with van der Waals surface area (Å²) in [4.78, 5) is 135. The fraction of sp³-hybridized carbons (Fsp3) is 0.451. The predicted molar refractivity (Wildman–Crippen MR) is 274 cm³/mol. The molecule has 3 aromatic rings. The van der Waals surface area contributed by atoms with E-state index in [1.54, 1.807) is 30.3 Å². The zero-order chi connectivity index (χ0) is 57.8. The number of aromatic hydroxyl groups is 2. The van der Waals surface area contributed by atoms with Gasteiger partial charge in [-0.15, -0.1) is 0 Å². The zero-order valence-corrected chi connectivity index (χ0v) is 43.0. The van der Waals surface area contributed by atoms with Crippen molar-refractivity contribution >= 4 is 59.1 Å². The first-order chi connectivity index (χ1) is 36.9. The molecule has 1 aliphatic rings. The molecule has 1 fully saturated rings. The third-order valence-corrected chi connectivity index (χ3v) is 12.4. The van der Waals surface area contributed by atoms with Crippen LogP contribution in [-0.4, -0.2) is 193 Å². The molecule has 3 aromatic carbocycles. The molecule has 1 aliphatic heterocycles. The quantitative estimate of drug-likeness (QED) is 0.0323. The Morgan fingerprint density at radius 2 is 0.974 bits per heavy atom. The number of benzene rings is 3. The second kappa shape index (κ2) is 29.9. The van der Waals surface area contributed by atoms with Crippen LogP contribution in [0.3, 0.4) is 0 Å². The average molecular weight is 1090 g/mol. The van der Waals surface area contributed by atoms with Crippen molar-refractivity contribution in [1.82, 2.24) is 47.4 Å². The fourth-order valence-corrected chi connectivity index (χ4v) is 8.20. The smallest absolute Gasteiger partial charge is 0.322 e. The summed E-state index contributed by atoms with van der Waals surface area (Å²) in [6.07, 6.45) is -5.18. The maximum atomic E-state index is 14.4. The minimum Gasteiger partial charge on any atom is -0.508 e. The number of nitrogens with zero attached hydrogens (tertiary/aromatic N) is 1. The van der Waals surface area contributed by atoms with Gasteiger partial charge >= 0.3 is 5.97 Å². The van der Waals surface area contributed by atoms with Crippen LogP contribution < -0.4 is 48.3 Å². The Morgan fingerprint density at radius 1 is 0.551 bits per heavy atom. The number of aliphatic hydroxyl groups excluding tert-OH is 4. The number of rotatable bonds is 28. The maximum Gasteiger partial charge on any atom is 0.322 e. The molecule has 17 N–H and O–H groups in total. The number of likely N-dealkylation sites (tertiary alicyclic amines) is 1. The zero-order valence-electron chi connectivity index (χ0n) is 43.0. The number of aliphatic carboxylic acids is 1. The van der Waals surface area contributed by atoms with Crippen molar-refractivity contribution in [3.63, 3.8) is 0 Å². The minimum atomic E-state index is -1.90. The normalized spacial score (nSPS) is 16.9. The van der Waals surface area contributed by atoms with Crippen LogP contribution in [0.1, 0.15) is 50.3 Å². The van der Waals surface area contributed by atoms with Crippen molar-refractivity contribution in [3.8, 4) is 11.5 Å². The number of carboxylic acids is 1. The fourth-order valence-electron chi connectivity index (χ4n) is 8.20. The molecule has 0 spiro atoms. The molecule has 1 heterocycles. The van der Waals surface area contributed by atoms with Crippen LogP contribution >= 0.6 is 0 Å². The molecule has 27 heteroatoms. The SMILES string of the molecule is C[C@@H](O)[C@H](NC(=O)[C@H](Cc1ccccc1)NC(=O)[C@@H](NC(=O)[C@H](Cc1ccc(O)cc1)NC(=O)CN)[C@@H](C)O)C(=O)N[C@@H](CO)C(=O)N[C@@H](Cc1ccc(O)cc1)C(=O)N1CCC[C@H]1C(=O)N[C@H](C(=O)NCC(=O)O)[C@@H](C)O. The summed E-state index contributed by atoms with van der Waals surface area (Å²) >= 11 is 0. The van der Waals surface area contributed by atoms with Gasteiger partial charge in [-0.25, -0.2) is 0 Å². The average Bonchev–Trinajstić information content (AvgIpc) is 3.90. The van der Waals surface area contributed by atoms with Crippen molar-refractivity contribution in [2.45, 2.75) is 120 Å². The number of carbonyl (C=O) groups is 10. The van der Waals surface area contributed by atoms with E-state index in [0.29, 0.717) is 16.7 Å². The summed E-state index contributed by atoms with van der Waals surface area (Å²) in [5.74, 6) is -10.6. The number of phenolic OH excluding ortho intramolecular Hbond substituents is 2. The molecule has 0 unspecified atom stereocenters. The van der Waals surface area contributed by atoms with E-state index in [2.05, 4.69) is 42.5 Å². The first-order valence-corrected chi connectivity index (χ1v) is 24.8. The highest BCUT2D eigenvalue weighted by molar-refractivity contribution is 5.99. The van der Waals surface area contributed by atoms with Gasteiger partial charge in [0.05, 0.1) is 31.5 Å². The summed E-state index contributed by atoms with van der Waals surface area (Å²) in [5.41, 5.74) is 6.83. The number of nitrogens with one attached hydrogen (secondary N) is 8. The van der Waals surface area contributed by atoms with Gasteiger partial charge in [0.1, 0.15) is 66.4 Å². The Labute approximate surface area is 447 Å². The topological polar surface area (TPSA) is 438 Å². The number of aliphatic hydroxyl groups is 4. The van der Waals surface area contributed by atoms with E-state index < -0.39 is 145 Å². The van der Waals surface area contributed by atoms with Crippen LogP contribution in [0.4, 0.5) is 0 Å². The van der Waals surface area contributed by atoms with E-state index in [1.807, 2.05) is 0 Å². The summed E-state index contributed by atoms with van der Waals surface area (Å²) in [6, 6.07) is 6.46. The lowest BCUT2D eigenvalue weighted by Gasteiger charge is -2.31. The lowest BCUT2D eigenvalue weighted by Crippen LogP contribution is -2.63. The molecule has 0 radical (unpaired) electrons. The van der Waals surface area contributed by atoms with Crippen LogP contribution in [0.2, 0.25) is 0 Å². The van der Waals surface area contributed by atoms with Gasteiger partial charge in [0.15, 0.2) is 0 Å². The standard InChI is InChI=1S/C51H68N10O17/c1-26(63)41(48(75)53-24-40(69)70)60-47(74)38-10-7-19-61(38)51(78)36(22-31-13-17-33(67)18-14-31)56-46(73)37(25-62)57-50(77)43(28(3)65)59-45(72)35(20-29-8-5-4-6-9-29)55-49(76)42(27(2)64)58-44(71)34(54-39(68)23-52)21-30-11-15-32(66)16-12-30/h4-6,8-9,11-18,26-28,34-38,41-43,62-67H,7,10,19-25,52H2,1-3H3,(H,53,75)(H,54,68)(H,55,76)(H,56,73)(H,57,77)(H,58,71)(H,59,72)(H,60,74)(H,69,70)/t26-,27-,28-,34+,35+,36+,37+,38+,41+,42+,43+/m1/s1. The number of hydrogen-bond donors (Lipinski definition) is 16. The highest BCUT2D eigenvalue weighted by Gasteiger charge is 2.41. The molecule has 0 aliphatic carbocycles. The number of carboxylic acid groups (broad SMARTS) is 1. The first kappa shape index (κ1) is 62.3. The molecule has 4 rings (SSSR count). The van der Waals surface area contributed by atoms with Gasteiger partial charge in [-0.05, 0) is 74.6 Å². The number of phenols is 2. The molecule has 424 valence electrons. The van der Waals surface area contributed by atoms with Gasteiger partial charge in [0, 0.05) is 25.8 Å². The summed E-state index contributed by atoms with van der Waals surface area (Å²) in [7, 11) is 0. The van der Waals surface area contributed by atoms with Crippen molar-refractivity contribution in [1.29, 1.82) is 0 Å². The second-order valence-corrected chi connectivity index (χ2v) is 18.6. The Kier molecular flexibility index (Phi) is 23.9. The Morgan fingerprint density at radius 3 is 1.44 bits per heavy atom. The van der Waals surface area contributed by atoms with Gasteiger partial charge in [0.25, 0.3) is 0 Å². The molecule has 0 saturated carbocycles. The molecular weight excluding hydrogens is 1020 g/mol. The molecule has 27 nitrogen and oxygen atoms in total. The van der Waals surface area contributed by atoms with Gasteiger partial charge < -0.3 is 88.9 Å². The third-order valence-electron chi connectivity index (χ3n) is 12.4. The molecule has 9 amide bonds. The lowest BCUT2D eigenvalue weighted by molar-refractivity contribution is -0.143. The Bertz CT molecular complexity index is 2570. The molecule has 0 bridgehead atoms. The van der Waals surface area contributed by atoms with Crippen molar-refractivity contribution in [3.05, 3.63) is 95.6 Å². The third kappa shape index (κ3) is 18.8. The molecular formula is C51H68N10O17. The predicted octanol–water partition coefficient (Wildman–Crippen LogP) is -5.20. The summed E-state index contributed by atoms with van der Waals surface area (Å²) in [5, 5.41) is 89.7. The van der Waals surface area contributed by atoms with Gasteiger partial charge in [-0.1, -0.05) is 54.6 Å². The Hall–Kier alpha value is -8.24. The number of nitrogens with two attached hydrogens (primary N) is 1. The minimum absolute atomic E-state index is 0.0309. The van der Waals surface area contributed by atoms with Crippen LogP contribution in [0, 0.1) is 0 Å². The van der Waals surface area contributed by atoms with Crippen LogP contribution in [-0.2, 0) is 67.2 Å². The summed E-state index contributed by atoms with van der Waals surface area (Å²) < 4.78 is 0. The largest absolute Gasteiger partial charge is 0.508 e. The number of carbonyl (C=O) groups excluding carboxylic acids is 9. The van der Waals surface area contributed by atoms with E-state index in [4.69, 9.17) is 10.8 Å². The van der Waals surface area contributed by atoms with Gasteiger partial charge in [-0.2, -0.15) is 0 Å². The van der Waals surface area contributed by atoms with Crippen LogP contribution in [0.25, 0.3) is 0 Å². The van der Waals surface area contributed by atoms with E-state index in [9.17, 15) is 78.6 Å². The van der Waals surface area contributed by atoms with Crippen LogP contribution in [0.5, 0.6) is 11.5 Å². The van der Waals surface area contributed by atoms with Crippen molar-refractivity contribution in [2.24, 2.45) is 5.73 Å². The monoisotopic (exact) mass is 1090 g/mol. The molecule has 11 atom stereocenters. The second-order valence-electron chi connectivity index (χ2n) is 18.6. The van der Waals surface area contributed by atoms with E-state index >= 15 is 0 Å². The highest BCUT2D eigenvalue weighted by Crippen LogP contribution is 2.21. The molecule has 78 heavy (non-hydrogen) atoms. The van der Waals surface area contributed by atoms with E-state index in [1.165, 1.54) is 62.4 Å². The van der Waals surface area contributed by atoms with Crippen LogP contribution in [0.15, 0.2) is 78.9 Å². The number of hydrogen-bond acceptors (Lipinski definition) is 17. The lowest BCUT2D eigenvalue weighted by atomic mass is 10.0. The van der Waals surface area contributed by atoms with Crippen molar-refractivity contribution < 1.29 is 83.7 Å². The van der Waals surface area contributed by atoms with Gasteiger partial charge in [-0.3, -0.25) is 47.9 Å². The number of amides is 9. The molecule has 0 aromatic heterocycles. The van der Waals surface area contributed by atoms with Gasteiger partial charge in [0.2, 0.25) is 53.2 Å². The maximum absolute atomic E-state index is 14.4. The first-order valence-electron chi connectivity index (χ1n) is 24.8.